The van der Waals surface area contributed by atoms with Crippen molar-refractivity contribution in [2.75, 3.05) is 39.8 Å². The number of fused-ring (bicyclic) bond motifs is 1. The molecule has 2 heterocycles. The highest BCUT2D eigenvalue weighted by molar-refractivity contribution is 5.44. The smallest absolute Gasteiger partial charge is 0.125 e. The van der Waals surface area contributed by atoms with E-state index in [1.54, 1.807) is 0 Å². The molecule has 21 heavy (non-hydrogen) atoms. The number of likely N-dealkylation sites (N-methyl/N-ethyl adjacent to an activating group) is 1. The molecule has 116 valence electrons. The Labute approximate surface area is 127 Å². The number of aryl methyl sites for hydroxylation is 2. The van der Waals surface area contributed by atoms with Crippen molar-refractivity contribution in [3.63, 3.8) is 0 Å². The van der Waals surface area contributed by atoms with Gasteiger partial charge in [-0.25, -0.2) is 0 Å². The quantitative estimate of drug-likeness (QED) is 0.854. The van der Waals surface area contributed by atoms with Crippen LogP contribution in [-0.4, -0.2) is 60.8 Å². The lowest BCUT2D eigenvalue weighted by atomic mass is 9.95. The molecule has 4 heteroatoms. The fourth-order valence-electron chi connectivity index (χ4n) is 3.36. The summed E-state index contributed by atoms with van der Waals surface area (Å²) in [4.78, 5) is 4.77. The van der Waals surface area contributed by atoms with Crippen LogP contribution in [0.2, 0.25) is 0 Å². The Morgan fingerprint density at radius 1 is 1.10 bits per heavy atom. The molecule has 0 saturated carbocycles. The Morgan fingerprint density at radius 2 is 1.76 bits per heavy atom. The molecule has 0 aliphatic carbocycles. The van der Waals surface area contributed by atoms with Crippen molar-refractivity contribution in [2.24, 2.45) is 0 Å². The van der Waals surface area contributed by atoms with E-state index >= 15 is 0 Å². The van der Waals surface area contributed by atoms with Crippen LogP contribution >= 0.6 is 0 Å². The summed E-state index contributed by atoms with van der Waals surface area (Å²) in [6, 6.07) is 4.34. The molecule has 0 radical (unpaired) electrons. The average molecular weight is 290 g/mol. The van der Waals surface area contributed by atoms with Gasteiger partial charge in [-0.3, -0.25) is 4.90 Å². The molecule has 2 aliphatic heterocycles. The number of hydrogen-bond donors (Lipinski definition) is 1. The van der Waals surface area contributed by atoms with Crippen LogP contribution in [0.15, 0.2) is 12.1 Å². The molecule has 2 atom stereocenters. The summed E-state index contributed by atoms with van der Waals surface area (Å²) in [6.45, 7) is 9.07. The Hall–Kier alpha value is -1.10. The molecule has 0 bridgehead atoms. The van der Waals surface area contributed by atoms with Crippen LogP contribution in [0.5, 0.6) is 5.75 Å². The van der Waals surface area contributed by atoms with E-state index in [4.69, 9.17) is 4.74 Å². The molecule has 0 amide bonds. The van der Waals surface area contributed by atoms with E-state index < -0.39 is 6.10 Å². The van der Waals surface area contributed by atoms with Gasteiger partial charge in [0.1, 0.15) is 5.75 Å². The Kier molecular flexibility index (Phi) is 4.20. The molecule has 1 N–H and O–H groups in total. The first-order chi connectivity index (χ1) is 10.1. The highest BCUT2D eigenvalue weighted by Crippen LogP contribution is 2.36. The summed E-state index contributed by atoms with van der Waals surface area (Å²) in [5.74, 6) is 0.863. The van der Waals surface area contributed by atoms with Crippen LogP contribution in [-0.2, 0) is 0 Å². The van der Waals surface area contributed by atoms with E-state index in [9.17, 15) is 5.11 Å². The highest BCUT2D eigenvalue weighted by atomic mass is 16.5. The number of aliphatic hydroxyl groups excluding tert-OH is 1. The lowest BCUT2D eigenvalue weighted by molar-refractivity contribution is 0.0191. The van der Waals surface area contributed by atoms with Crippen LogP contribution in [0.4, 0.5) is 0 Å². The van der Waals surface area contributed by atoms with Gasteiger partial charge in [0.25, 0.3) is 0 Å². The minimum atomic E-state index is -0.454. The second kappa shape index (κ2) is 5.95. The van der Waals surface area contributed by atoms with Gasteiger partial charge in [-0.05, 0) is 50.6 Å². The van der Waals surface area contributed by atoms with Gasteiger partial charge in [-0.1, -0.05) is 0 Å². The first-order valence-electron chi connectivity index (χ1n) is 7.91. The van der Waals surface area contributed by atoms with Crippen molar-refractivity contribution in [3.8, 4) is 5.75 Å². The summed E-state index contributed by atoms with van der Waals surface area (Å²) in [7, 11) is 2.16. The predicted molar refractivity (Wildman–Crippen MR) is 83.8 cm³/mol. The molecule has 1 saturated heterocycles. The molecule has 3 rings (SSSR count). The zero-order chi connectivity index (χ0) is 15.0. The second-order valence-electron chi connectivity index (χ2n) is 6.46. The van der Waals surface area contributed by atoms with Gasteiger partial charge in [0.05, 0.1) is 12.7 Å². The first kappa shape index (κ1) is 14.8. The first-order valence-corrected chi connectivity index (χ1v) is 7.91. The van der Waals surface area contributed by atoms with Crippen molar-refractivity contribution in [1.29, 1.82) is 0 Å². The van der Waals surface area contributed by atoms with E-state index in [0.717, 1.165) is 43.9 Å². The van der Waals surface area contributed by atoms with Gasteiger partial charge in [0.2, 0.25) is 0 Å². The third kappa shape index (κ3) is 2.93. The number of nitrogens with zero attached hydrogens (tertiary/aromatic N) is 2. The molecular formula is C17H26N2O2. The summed E-state index contributed by atoms with van der Waals surface area (Å²) in [5.41, 5.74) is 3.40. The molecular weight excluding hydrogens is 264 g/mol. The van der Waals surface area contributed by atoms with Crippen LogP contribution in [0.3, 0.4) is 0 Å². The minimum Gasteiger partial charge on any atom is -0.493 e. The lowest BCUT2D eigenvalue weighted by Crippen LogP contribution is -2.50. The zero-order valence-electron chi connectivity index (χ0n) is 13.3. The molecule has 1 aromatic rings. The minimum absolute atomic E-state index is 0.169. The summed E-state index contributed by atoms with van der Waals surface area (Å²) >= 11 is 0. The number of piperazine rings is 1. The largest absolute Gasteiger partial charge is 0.493 e. The lowest BCUT2D eigenvalue weighted by Gasteiger charge is -2.39. The van der Waals surface area contributed by atoms with Crippen molar-refractivity contribution in [2.45, 2.75) is 32.4 Å². The highest BCUT2D eigenvalue weighted by Gasteiger charge is 2.33. The standard InChI is InChI=1S/C17H26N2O2/c1-12-10-14-16(11-13(12)2)21-9-4-15(17(14)20)19-7-5-18(3)6-8-19/h10-11,15,17,20H,4-9H2,1-3H3/t15-,17+/m1/s1. The fourth-order valence-corrected chi connectivity index (χ4v) is 3.36. The molecule has 0 unspecified atom stereocenters. The third-order valence-corrected chi connectivity index (χ3v) is 4.99. The molecule has 0 aromatic heterocycles. The van der Waals surface area contributed by atoms with E-state index in [0.29, 0.717) is 6.61 Å². The zero-order valence-corrected chi connectivity index (χ0v) is 13.3. The molecule has 2 aliphatic rings. The number of rotatable bonds is 1. The van der Waals surface area contributed by atoms with Crippen molar-refractivity contribution in [3.05, 3.63) is 28.8 Å². The van der Waals surface area contributed by atoms with Crippen molar-refractivity contribution >= 4 is 0 Å². The van der Waals surface area contributed by atoms with Gasteiger partial charge in [0.15, 0.2) is 0 Å². The topological polar surface area (TPSA) is 35.9 Å². The molecule has 0 spiro atoms. The van der Waals surface area contributed by atoms with Gasteiger partial charge in [0, 0.05) is 37.8 Å². The van der Waals surface area contributed by atoms with Crippen molar-refractivity contribution in [1.82, 2.24) is 9.80 Å². The SMILES string of the molecule is Cc1cc2c(cc1C)[C@H](O)[C@H](N1CCN(C)CC1)CCO2. The summed E-state index contributed by atoms with van der Waals surface area (Å²) < 4.78 is 5.90. The normalized spacial score (nSPS) is 27.8. The second-order valence-corrected chi connectivity index (χ2v) is 6.46. The van der Waals surface area contributed by atoms with Gasteiger partial charge < -0.3 is 14.7 Å². The maximum Gasteiger partial charge on any atom is 0.125 e. The fraction of sp³-hybridized carbons (Fsp3) is 0.647. The monoisotopic (exact) mass is 290 g/mol. The Balaban J connectivity index is 1.85. The molecule has 1 fully saturated rings. The van der Waals surface area contributed by atoms with E-state index in [2.05, 4.69) is 42.8 Å². The van der Waals surface area contributed by atoms with E-state index in [1.165, 1.54) is 11.1 Å². The van der Waals surface area contributed by atoms with Crippen LogP contribution in [0, 0.1) is 13.8 Å². The van der Waals surface area contributed by atoms with Crippen LogP contribution in [0.25, 0.3) is 0 Å². The number of ether oxygens (including phenoxy) is 1. The summed E-state index contributed by atoms with van der Waals surface area (Å²) in [5, 5.41) is 10.9. The van der Waals surface area contributed by atoms with Crippen LogP contribution in [0.1, 0.15) is 29.2 Å². The molecule has 1 aromatic carbocycles. The molecule has 4 nitrogen and oxygen atoms in total. The number of aliphatic hydroxyl groups is 1. The average Bonchev–Trinajstić information content (AvgIpc) is 2.61. The number of hydrogen-bond acceptors (Lipinski definition) is 4. The maximum atomic E-state index is 10.9. The Bertz CT molecular complexity index is 510. The van der Waals surface area contributed by atoms with E-state index in [-0.39, 0.29) is 6.04 Å². The maximum absolute atomic E-state index is 10.9. The van der Waals surface area contributed by atoms with Gasteiger partial charge in [-0.2, -0.15) is 0 Å². The van der Waals surface area contributed by atoms with Crippen LogP contribution < -0.4 is 4.74 Å². The van der Waals surface area contributed by atoms with Gasteiger partial charge >= 0.3 is 0 Å². The number of benzene rings is 1. The summed E-state index contributed by atoms with van der Waals surface area (Å²) in [6.07, 6.45) is 0.433. The van der Waals surface area contributed by atoms with Gasteiger partial charge in [-0.15, -0.1) is 0 Å². The Morgan fingerprint density at radius 3 is 2.48 bits per heavy atom. The third-order valence-electron chi connectivity index (χ3n) is 4.99. The van der Waals surface area contributed by atoms with Crippen molar-refractivity contribution < 1.29 is 9.84 Å². The van der Waals surface area contributed by atoms with E-state index in [1.807, 2.05) is 0 Å². The predicted octanol–water partition coefficient (Wildman–Crippen LogP) is 1.74.